The summed E-state index contributed by atoms with van der Waals surface area (Å²) in [5.74, 6) is 0.461. The minimum absolute atomic E-state index is 0.221. The smallest absolute Gasteiger partial charge is 0.237 e. The number of carbonyl (C=O) groups excluding carboxylic acids is 1. The Bertz CT molecular complexity index is 276. The third kappa shape index (κ3) is 5.36. The second kappa shape index (κ2) is 6.53. The highest BCUT2D eigenvalue weighted by Crippen LogP contribution is 2.24. The maximum absolute atomic E-state index is 11.6. The molecule has 4 heteroatoms. The van der Waals surface area contributed by atoms with E-state index in [-0.39, 0.29) is 5.91 Å². The Hall–Kier alpha value is -0.610. The first-order chi connectivity index (χ1) is 8.33. The van der Waals surface area contributed by atoms with Gasteiger partial charge in [0.1, 0.15) is 0 Å². The molecule has 106 valence electrons. The molecule has 0 heterocycles. The van der Waals surface area contributed by atoms with Crippen LogP contribution in [-0.2, 0) is 4.79 Å². The van der Waals surface area contributed by atoms with Gasteiger partial charge in [0.25, 0.3) is 0 Å². The average molecular weight is 255 g/mol. The zero-order chi connectivity index (χ0) is 13.8. The lowest BCUT2D eigenvalue weighted by Crippen LogP contribution is -2.54. The van der Waals surface area contributed by atoms with E-state index < -0.39 is 5.54 Å². The Morgan fingerprint density at radius 2 is 2.11 bits per heavy atom. The number of hydrogen-bond donors (Lipinski definition) is 2. The Labute approximate surface area is 111 Å². The van der Waals surface area contributed by atoms with Crippen molar-refractivity contribution in [3.63, 3.8) is 0 Å². The van der Waals surface area contributed by atoms with Crippen LogP contribution in [0, 0.1) is 5.92 Å². The minimum Gasteiger partial charge on any atom is -0.368 e. The van der Waals surface area contributed by atoms with Crippen molar-refractivity contribution in [2.24, 2.45) is 11.7 Å². The first kappa shape index (κ1) is 15.4. The van der Waals surface area contributed by atoms with Gasteiger partial charge in [-0.25, -0.2) is 0 Å². The normalized spacial score (nSPS) is 19.2. The second-order valence-corrected chi connectivity index (χ2v) is 6.37. The van der Waals surface area contributed by atoms with Gasteiger partial charge >= 0.3 is 0 Å². The first-order valence-corrected chi connectivity index (χ1v) is 7.09. The van der Waals surface area contributed by atoms with E-state index in [9.17, 15) is 4.79 Å². The lowest BCUT2D eigenvalue weighted by atomic mass is 9.94. The van der Waals surface area contributed by atoms with Crippen LogP contribution in [0.5, 0.6) is 0 Å². The monoisotopic (exact) mass is 255 g/mol. The molecule has 3 N–H and O–H groups in total. The summed E-state index contributed by atoms with van der Waals surface area (Å²) >= 11 is 0. The molecule has 0 aromatic rings. The van der Waals surface area contributed by atoms with Crippen molar-refractivity contribution in [3.05, 3.63) is 0 Å². The zero-order valence-electron chi connectivity index (χ0n) is 12.3. The SMILES string of the molecule is CC(C)CN(C)CCCC(C)(NC1CC1)C(N)=O. The van der Waals surface area contributed by atoms with Gasteiger partial charge in [0.05, 0.1) is 5.54 Å². The molecule has 0 saturated heterocycles. The Balaban J connectivity index is 2.30. The fraction of sp³-hybridized carbons (Fsp3) is 0.929. The Morgan fingerprint density at radius 1 is 1.50 bits per heavy atom. The molecule has 18 heavy (non-hydrogen) atoms. The van der Waals surface area contributed by atoms with Gasteiger partial charge in [0.2, 0.25) is 5.91 Å². The molecule has 1 aliphatic carbocycles. The van der Waals surface area contributed by atoms with Crippen molar-refractivity contribution in [3.8, 4) is 0 Å². The molecule has 4 nitrogen and oxygen atoms in total. The number of nitrogens with one attached hydrogen (secondary N) is 1. The molecule has 1 rings (SSSR count). The fourth-order valence-electron chi connectivity index (χ4n) is 2.36. The van der Waals surface area contributed by atoms with E-state index in [1.807, 2.05) is 6.92 Å². The summed E-state index contributed by atoms with van der Waals surface area (Å²) in [5.41, 5.74) is 5.00. The summed E-state index contributed by atoms with van der Waals surface area (Å²) < 4.78 is 0. The van der Waals surface area contributed by atoms with Crippen molar-refractivity contribution < 1.29 is 4.79 Å². The van der Waals surface area contributed by atoms with Crippen LogP contribution < -0.4 is 11.1 Å². The molecule has 1 unspecified atom stereocenters. The standard InChI is InChI=1S/C14H29N3O/c1-11(2)10-17(4)9-5-8-14(3,13(15)18)16-12-6-7-12/h11-12,16H,5-10H2,1-4H3,(H2,15,18). The molecule has 0 spiro atoms. The second-order valence-electron chi connectivity index (χ2n) is 6.37. The van der Waals surface area contributed by atoms with Crippen LogP contribution in [-0.4, -0.2) is 42.5 Å². The van der Waals surface area contributed by atoms with Gasteiger partial charge in [-0.1, -0.05) is 13.8 Å². The Morgan fingerprint density at radius 3 is 2.56 bits per heavy atom. The van der Waals surface area contributed by atoms with Crippen molar-refractivity contribution in [1.82, 2.24) is 10.2 Å². The summed E-state index contributed by atoms with van der Waals surface area (Å²) in [7, 11) is 2.13. The highest BCUT2D eigenvalue weighted by atomic mass is 16.1. The maximum Gasteiger partial charge on any atom is 0.237 e. The predicted molar refractivity (Wildman–Crippen MR) is 75.3 cm³/mol. The van der Waals surface area contributed by atoms with E-state index >= 15 is 0 Å². The van der Waals surface area contributed by atoms with Crippen molar-refractivity contribution >= 4 is 5.91 Å². The van der Waals surface area contributed by atoms with Crippen LogP contribution in [0.1, 0.15) is 46.5 Å². The molecule has 1 aliphatic rings. The maximum atomic E-state index is 11.6. The molecule has 0 radical (unpaired) electrons. The van der Waals surface area contributed by atoms with E-state index in [1.165, 1.54) is 12.8 Å². The Kier molecular flexibility index (Phi) is 5.60. The number of rotatable bonds is 9. The van der Waals surface area contributed by atoms with Gasteiger partial charge in [-0.05, 0) is 52.1 Å². The zero-order valence-corrected chi connectivity index (χ0v) is 12.3. The molecule has 0 aliphatic heterocycles. The molecule has 1 fully saturated rings. The highest BCUT2D eigenvalue weighted by molar-refractivity contribution is 5.84. The van der Waals surface area contributed by atoms with Gasteiger partial charge in [0.15, 0.2) is 0 Å². The molecule has 1 atom stereocenters. The summed E-state index contributed by atoms with van der Waals surface area (Å²) in [6.07, 6.45) is 4.18. The summed E-state index contributed by atoms with van der Waals surface area (Å²) in [6.45, 7) is 8.50. The number of nitrogens with zero attached hydrogens (tertiary/aromatic N) is 1. The topological polar surface area (TPSA) is 58.4 Å². The van der Waals surface area contributed by atoms with Crippen LogP contribution in [0.15, 0.2) is 0 Å². The largest absolute Gasteiger partial charge is 0.368 e. The predicted octanol–water partition coefficient (Wildman–Crippen LogP) is 1.35. The van der Waals surface area contributed by atoms with Gasteiger partial charge in [0, 0.05) is 12.6 Å². The minimum atomic E-state index is -0.528. The molecular formula is C14H29N3O. The third-order valence-corrected chi connectivity index (χ3v) is 3.54. The molecular weight excluding hydrogens is 226 g/mol. The summed E-state index contributed by atoms with van der Waals surface area (Å²) in [6, 6.07) is 0.510. The molecule has 0 aromatic carbocycles. The summed E-state index contributed by atoms with van der Waals surface area (Å²) in [5, 5.41) is 3.39. The number of amides is 1. The third-order valence-electron chi connectivity index (χ3n) is 3.54. The van der Waals surface area contributed by atoms with E-state index in [1.54, 1.807) is 0 Å². The number of hydrogen-bond acceptors (Lipinski definition) is 3. The van der Waals surface area contributed by atoms with Crippen LogP contribution >= 0.6 is 0 Å². The average Bonchev–Trinajstić information content (AvgIpc) is 2.99. The van der Waals surface area contributed by atoms with Crippen LogP contribution in [0.25, 0.3) is 0 Å². The number of carbonyl (C=O) groups is 1. The van der Waals surface area contributed by atoms with E-state index in [0.717, 1.165) is 25.9 Å². The number of nitrogens with two attached hydrogens (primary N) is 1. The van der Waals surface area contributed by atoms with Crippen molar-refractivity contribution in [1.29, 1.82) is 0 Å². The summed E-state index contributed by atoms with van der Waals surface area (Å²) in [4.78, 5) is 13.9. The van der Waals surface area contributed by atoms with Gasteiger partial charge in [-0.3, -0.25) is 4.79 Å². The molecule has 0 aromatic heterocycles. The number of primary amides is 1. The van der Waals surface area contributed by atoms with Crippen LogP contribution in [0.2, 0.25) is 0 Å². The van der Waals surface area contributed by atoms with Crippen molar-refractivity contribution in [2.45, 2.75) is 58.0 Å². The van der Waals surface area contributed by atoms with E-state index in [2.05, 4.69) is 31.1 Å². The van der Waals surface area contributed by atoms with Gasteiger partial charge in [-0.15, -0.1) is 0 Å². The van der Waals surface area contributed by atoms with Gasteiger partial charge < -0.3 is 16.0 Å². The first-order valence-electron chi connectivity index (χ1n) is 7.09. The molecule has 0 bridgehead atoms. The van der Waals surface area contributed by atoms with Crippen molar-refractivity contribution in [2.75, 3.05) is 20.1 Å². The van der Waals surface area contributed by atoms with E-state index in [4.69, 9.17) is 5.73 Å². The lowest BCUT2D eigenvalue weighted by Gasteiger charge is -2.29. The van der Waals surface area contributed by atoms with Crippen LogP contribution in [0.4, 0.5) is 0 Å². The van der Waals surface area contributed by atoms with Crippen LogP contribution in [0.3, 0.4) is 0 Å². The lowest BCUT2D eigenvalue weighted by molar-refractivity contribution is -0.124. The fourth-order valence-corrected chi connectivity index (χ4v) is 2.36. The highest BCUT2D eigenvalue weighted by Gasteiger charge is 2.36. The molecule has 1 saturated carbocycles. The quantitative estimate of drug-likeness (QED) is 0.654. The van der Waals surface area contributed by atoms with E-state index in [0.29, 0.717) is 12.0 Å². The van der Waals surface area contributed by atoms with Gasteiger partial charge in [-0.2, -0.15) is 0 Å². The molecule has 1 amide bonds.